The smallest absolute Gasteiger partial charge is 0.335 e. The maximum atomic E-state index is 12.6. The van der Waals surface area contributed by atoms with Crippen LogP contribution in [0.15, 0.2) is 34.7 Å². The maximum Gasteiger partial charge on any atom is 0.335 e. The first kappa shape index (κ1) is 18.5. The van der Waals surface area contributed by atoms with Gasteiger partial charge in [-0.25, -0.2) is 17.9 Å². The largest absolute Gasteiger partial charge is 0.478 e. The van der Waals surface area contributed by atoms with Crippen molar-refractivity contribution in [3.8, 4) is 0 Å². The number of sulfonamides is 1. The van der Waals surface area contributed by atoms with Gasteiger partial charge < -0.3 is 10.4 Å². The summed E-state index contributed by atoms with van der Waals surface area (Å²) >= 11 is 0. The summed E-state index contributed by atoms with van der Waals surface area (Å²) in [7, 11) is -3.77. The Balaban J connectivity index is 2.15. The molecular weight excluding hydrogens is 328 g/mol. The number of carboxylic acid groups (broad SMARTS) is 1. The lowest BCUT2D eigenvalue weighted by atomic mass is 9.97. The summed E-state index contributed by atoms with van der Waals surface area (Å²) in [5, 5.41) is 12.1. The van der Waals surface area contributed by atoms with Gasteiger partial charge in [-0.15, -0.1) is 0 Å². The zero-order valence-corrected chi connectivity index (χ0v) is 14.7. The van der Waals surface area contributed by atoms with Gasteiger partial charge in [-0.3, -0.25) is 0 Å². The average molecular weight is 352 g/mol. The number of benzene rings is 1. The molecule has 0 fully saturated rings. The zero-order valence-electron chi connectivity index (χ0n) is 13.8. The Morgan fingerprint density at radius 3 is 2.71 bits per heavy atom. The van der Waals surface area contributed by atoms with Crippen LogP contribution in [0.25, 0.3) is 0 Å². The first-order chi connectivity index (χ1) is 11.4. The predicted molar refractivity (Wildman–Crippen MR) is 93.9 cm³/mol. The molecule has 1 aliphatic carbocycles. The van der Waals surface area contributed by atoms with Crippen molar-refractivity contribution in [2.24, 2.45) is 0 Å². The molecule has 2 rings (SSSR count). The lowest BCUT2D eigenvalue weighted by Gasteiger charge is -2.15. The zero-order chi connectivity index (χ0) is 17.6. The second-order valence-corrected chi connectivity index (χ2v) is 7.54. The topological polar surface area (TPSA) is 95.5 Å². The molecule has 132 valence electrons. The highest BCUT2D eigenvalue weighted by atomic mass is 32.2. The number of hydrogen-bond donors (Lipinski definition) is 3. The second kappa shape index (κ2) is 8.30. The Labute approximate surface area is 143 Å². The van der Waals surface area contributed by atoms with E-state index < -0.39 is 16.0 Å². The van der Waals surface area contributed by atoms with Gasteiger partial charge in [0.25, 0.3) is 0 Å². The molecule has 0 aliphatic heterocycles. The van der Waals surface area contributed by atoms with Gasteiger partial charge in [0.05, 0.1) is 11.3 Å². The third-order valence-corrected chi connectivity index (χ3v) is 5.51. The van der Waals surface area contributed by atoms with E-state index in [0.29, 0.717) is 25.2 Å². The Bertz CT molecular complexity index is 726. The molecule has 24 heavy (non-hydrogen) atoms. The second-order valence-electron chi connectivity index (χ2n) is 5.80. The molecule has 1 aromatic carbocycles. The molecule has 0 saturated carbocycles. The molecular formula is C17H24N2O4S. The third kappa shape index (κ3) is 4.82. The molecule has 0 saturated heterocycles. The molecule has 7 heteroatoms. The molecule has 0 aromatic heterocycles. The fourth-order valence-corrected chi connectivity index (χ4v) is 4.01. The molecule has 6 nitrogen and oxygen atoms in total. The molecule has 0 amide bonds. The Kier molecular flexibility index (Phi) is 6.39. The van der Waals surface area contributed by atoms with Crippen molar-refractivity contribution >= 4 is 21.7 Å². The van der Waals surface area contributed by atoms with Crippen molar-refractivity contribution in [2.75, 3.05) is 18.4 Å². The number of anilines is 1. The standard InChI is InChI=1S/C17H24N2O4S/c1-2-18-15-9-8-14(17(20)21)12-16(15)24(22,23)19-11-10-13-6-4-3-5-7-13/h6,8-9,12,18-19H,2-5,7,10-11H2,1H3,(H,20,21). The van der Waals surface area contributed by atoms with Crippen LogP contribution in [0.3, 0.4) is 0 Å². The van der Waals surface area contributed by atoms with Gasteiger partial charge >= 0.3 is 5.97 Å². The van der Waals surface area contributed by atoms with E-state index in [9.17, 15) is 13.2 Å². The van der Waals surface area contributed by atoms with E-state index in [1.807, 2.05) is 6.92 Å². The molecule has 1 aliphatic rings. The van der Waals surface area contributed by atoms with Crippen LogP contribution in [-0.4, -0.2) is 32.6 Å². The molecule has 0 heterocycles. The van der Waals surface area contributed by atoms with Crippen LogP contribution in [0.2, 0.25) is 0 Å². The molecule has 0 unspecified atom stereocenters. The van der Waals surface area contributed by atoms with Crippen molar-refractivity contribution in [2.45, 2.75) is 43.9 Å². The van der Waals surface area contributed by atoms with E-state index in [4.69, 9.17) is 5.11 Å². The van der Waals surface area contributed by atoms with Crippen LogP contribution in [0.5, 0.6) is 0 Å². The fraction of sp³-hybridized carbons (Fsp3) is 0.471. The van der Waals surface area contributed by atoms with E-state index in [-0.39, 0.29) is 10.5 Å². The molecule has 0 spiro atoms. The summed E-state index contributed by atoms with van der Waals surface area (Å²) in [5.74, 6) is -1.15. The number of carboxylic acids is 1. The fourth-order valence-electron chi connectivity index (χ4n) is 2.77. The van der Waals surface area contributed by atoms with Crippen LogP contribution in [0, 0.1) is 0 Å². The predicted octanol–water partition coefficient (Wildman–Crippen LogP) is 2.99. The minimum Gasteiger partial charge on any atom is -0.478 e. The van der Waals surface area contributed by atoms with Gasteiger partial charge in [0.1, 0.15) is 4.90 Å². The number of nitrogens with one attached hydrogen (secondary N) is 2. The summed E-state index contributed by atoms with van der Waals surface area (Å²) in [6.45, 7) is 2.71. The Morgan fingerprint density at radius 2 is 2.08 bits per heavy atom. The van der Waals surface area contributed by atoms with Crippen LogP contribution >= 0.6 is 0 Å². The average Bonchev–Trinajstić information content (AvgIpc) is 2.56. The highest BCUT2D eigenvalue weighted by molar-refractivity contribution is 7.89. The van der Waals surface area contributed by atoms with Gasteiger partial charge in [-0.2, -0.15) is 0 Å². The monoisotopic (exact) mass is 352 g/mol. The van der Waals surface area contributed by atoms with Crippen molar-refractivity contribution in [3.05, 3.63) is 35.4 Å². The van der Waals surface area contributed by atoms with Crippen LogP contribution in [0.1, 0.15) is 49.4 Å². The Hall–Kier alpha value is -1.86. The SMILES string of the molecule is CCNc1ccc(C(=O)O)cc1S(=O)(=O)NCCC1=CCCCC1. The van der Waals surface area contributed by atoms with Crippen molar-refractivity contribution in [1.82, 2.24) is 4.72 Å². The summed E-state index contributed by atoms with van der Waals surface area (Å²) in [6, 6.07) is 4.08. The minimum absolute atomic E-state index is 0.0260. The highest BCUT2D eigenvalue weighted by Gasteiger charge is 2.20. The molecule has 1 aromatic rings. The minimum atomic E-state index is -3.77. The van der Waals surface area contributed by atoms with E-state index in [0.717, 1.165) is 19.3 Å². The van der Waals surface area contributed by atoms with E-state index in [2.05, 4.69) is 16.1 Å². The molecule has 0 atom stereocenters. The summed E-state index contributed by atoms with van der Waals surface area (Å²) in [5.41, 5.74) is 1.65. The summed E-state index contributed by atoms with van der Waals surface area (Å²) in [6.07, 6.45) is 7.32. The normalized spacial score (nSPS) is 15.0. The maximum absolute atomic E-state index is 12.6. The first-order valence-electron chi connectivity index (χ1n) is 8.23. The van der Waals surface area contributed by atoms with Gasteiger partial charge in [0.15, 0.2) is 0 Å². The molecule has 0 radical (unpaired) electrons. The number of hydrogen-bond acceptors (Lipinski definition) is 4. The van der Waals surface area contributed by atoms with Gasteiger partial charge in [0, 0.05) is 13.1 Å². The van der Waals surface area contributed by atoms with Crippen LogP contribution in [0.4, 0.5) is 5.69 Å². The quantitative estimate of drug-likeness (QED) is 0.625. The van der Waals surface area contributed by atoms with E-state index in [1.54, 1.807) is 0 Å². The number of rotatable bonds is 8. The van der Waals surface area contributed by atoms with Gasteiger partial charge in [0.2, 0.25) is 10.0 Å². The first-order valence-corrected chi connectivity index (χ1v) is 9.71. The summed E-state index contributed by atoms with van der Waals surface area (Å²) < 4.78 is 27.7. The number of aromatic carboxylic acids is 1. The lowest BCUT2D eigenvalue weighted by Crippen LogP contribution is -2.26. The van der Waals surface area contributed by atoms with Crippen LogP contribution in [-0.2, 0) is 10.0 Å². The number of allylic oxidation sites excluding steroid dienone is 1. The lowest BCUT2D eigenvalue weighted by molar-refractivity contribution is 0.0696. The van der Waals surface area contributed by atoms with Gasteiger partial charge in [-0.1, -0.05) is 11.6 Å². The molecule has 0 bridgehead atoms. The van der Waals surface area contributed by atoms with Gasteiger partial charge in [-0.05, 0) is 57.2 Å². The van der Waals surface area contributed by atoms with Crippen molar-refractivity contribution in [1.29, 1.82) is 0 Å². The van der Waals surface area contributed by atoms with Crippen molar-refractivity contribution in [3.63, 3.8) is 0 Å². The van der Waals surface area contributed by atoms with Crippen molar-refractivity contribution < 1.29 is 18.3 Å². The number of carbonyl (C=O) groups is 1. The highest BCUT2D eigenvalue weighted by Crippen LogP contribution is 2.24. The summed E-state index contributed by atoms with van der Waals surface area (Å²) in [4.78, 5) is 11.1. The molecule has 3 N–H and O–H groups in total. The third-order valence-electron chi connectivity index (χ3n) is 4.01. The Morgan fingerprint density at radius 1 is 1.29 bits per heavy atom. The van der Waals surface area contributed by atoms with Crippen LogP contribution < -0.4 is 10.0 Å². The van der Waals surface area contributed by atoms with E-state index in [1.165, 1.54) is 30.2 Å². The van der Waals surface area contributed by atoms with E-state index >= 15 is 0 Å².